The fourth-order valence-electron chi connectivity index (χ4n) is 1.48. The van der Waals surface area contributed by atoms with Gasteiger partial charge in [0.25, 0.3) is 0 Å². The number of likely N-dealkylation sites (N-methyl/N-ethyl adjacent to an activating group) is 1. The van der Waals surface area contributed by atoms with Crippen LogP contribution in [0, 0.1) is 5.21 Å². The Bertz CT molecular complexity index is 173. The van der Waals surface area contributed by atoms with E-state index in [4.69, 9.17) is 0 Å². The van der Waals surface area contributed by atoms with Gasteiger partial charge in [0.2, 0.25) is 0 Å². The number of hydrogen-bond acceptors (Lipinski definition) is 4. The summed E-state index contributed by atoms with van der Waals surface area (Å²) in [5.41, 5.74) is 0. The SMILES string of the molecule is CC1[C@H](O)C(O)C(O)C[N@+]1(C)[O-]. The Hall–Kier alpha value is -0.200. The van der Waals surface area contributed by atoms with Crippen molar-refractivity contribution in [1.82, 2.24) is 0 Å². The molecule has 0 saturated carbocycles. The van der Waals surface area contributed by atoms with Crippen LogP contribution in [0.15, 0.2) is 0 Å². The van der Waals surface area contributed by atoms with Gasteiger partial charge in [-0.2, -0.15) is 0 Å². The molecule has 0 spiro atoms. The summed E-state index contributed by atoms with van der Waals surface area (Å²) < 4.78 is -0.709. The van der Waals surface area contributed by atoms with Crippen molar-refractivity contribution in [2.45, 2.75) is 31.3 Å². The zero-order valence-electron chi connectivity index (χ0n) is 7.21. The Morgan fingerprint density at radius 1 is 1.25 bits per heavy atom. The minimum absolute atomic E-state index is 0.0700. The Kier molecular flexibility index (Phi) is 2.42. The highest BCUT2D eigenvalue weighted by molar-refractivity contribution is 4.85. The van der Waals surface area contributed by atoms with Gasteiger partial charge in [-0.05, 0) is 6.92 Å². The molecule has 0 aromatic carbocycles. The molecule has 5 heteroatoms. The summed E-state index contributed by atoms with van der Waals surface area (Å²) >= 11 is 0. The molecule has 0 aromatic heterocycles. The topological polar surface area (TPSA) is 83.8 Å². The number of nitrogens with zero attached hydrogens (tertiary/aromatic N) is 1. The van der Waals surface area contributed by atoms with Crippen molar-refractivity contribution in [3.8, 4) is 0 Å². The van der Waals surface area contributed by atoms with Crippen molar-refractivity contribution in [3.05, 3.63) is 5.21 Å². The lowest BCUT2D eigenvalue weighted by Crippen LogP contribution is -2.66. The molecular weight excluding hydrogens is 162 g/mol. The zero-order valence-corrected chi connectivity index (χ0v) is 7.21. The minimum atomic E-state index is -1.19. The average Bonchev–Trinajstić information content (AvgIpc) is 1.97. The quantitative estimate of drug-likeness (QED) is 0.308. The zero-order chi connectivity index (χ0) is 9.52. The summed E-state index contributed by atoms with van der Waals surface area (Å²) in [7, 11) is 1.38. The third kappa shape index (κ3) is 1.46. The third-order valence-corrected chi connectivity index (χ3v) is 2.65. The van der Waals surface area contributed by atoms with E-state index < -0.39 is 29.0 Å². The number of aliphatic hydroxyl groups excluding tert-OH is 3. The van der Waals surface area contributed by atoms with E-state index in [2.05, 4.69) is 0 Å². The van der Waals surface area contributed by atoms with E-state index in [-0.39, 0.29) is 6.54 Å². The van der Waals surface area contributed by atoms with Crippen molar-refractivity contribution in [2.75, 3.05) is 13.6 Å². The van der Waals surface area contributed by atoms with Gasteiger partial charge in [0.05, 0.1) is 7.05 Å². The highest BCUT2D eigenvalue weighted by Gasteiger charge is 2.43. The molecule has 1 fully saturated rings. The number of quaternary nitrogens is 1. The summed E-state index contributed by atoms with van der Waals surface area (Å²) in [6.45, 7) is 1.49. The summed E-state index contributed by atoms with van der Waals surface area (Å²) in [5.74, 6) is 0. The van der Waals surface area contributed by atoms with Gasteiger partial charge in [0.15, 0.2) is 0 Å². The molecule has 3 N–H and O–H groups in total. The standard InChI is InChI=1S/C7H15NO4/c1-4-6(10)7(11)5(9)3-8(4,2)12/h4-7,9-11H,3H2,1-2H3/t4?,5?,6-,7?,8-/m0/s1. The molecule has 12 heavy (non-hydrogen) atoms. The number of likely N-dealkylation sites (tertiary alicyclic amines) is 1. The smallest absolute Gasteiger partial charge is 0.134 e. The van der Waals surface area contributed by atoms with Crippen molar-refractivity contribution in [2.24, 2.45) is 0 Å². The Balaban J connectivity index is 2.78. The van der Waals surface area contributed by atoms with Crippen molar-refractivity contribution < 1.29 is 20.0 Å². The first-order chi connectivity index (χ1) is 5.36. The summed E-state index contributed by atoms with van der Waals surface area (Å²) in [6.07, 6.45) is -3.46. The lowest BCUT2D eigenvalue weighted by Gasteiger charge is -2.51. The van der Waals surface area contributed by atoms with Crippen LogP contribution in [0.2, 0.25) is 0 Å². The molecule has 1 saturated heterocycles. The van der Waals surface area contributed by atoms with Gasteiger partial charge in [-0.1, -0.05) is 0 Å². The molecule has 1 heterocycles. The Morgan fingerprint density at radius 3 is 2.25 bits per heavy atom. The van der Waals surface area contributed by atoms with Gasteiger partial charge in [-0.25, -0.2) is 0 Å². The first kappa shape index (κ1) is 9.88. The predicted molar refractivity (Wildman–Crippen MR) is 41.9 cm³/mol. The van der Waals surface area contributed by atoms with Gasteiger partial charge in [-0.3, -0.25) is 0 Å². The van der Waals surface area contributed by atoms with Gasteiger partial charge in [0.1, 0.15) is 30.9 Å². The summed E-state index contributed by atoms with van der Waals surface area (Å²) in [4.78, 5) is 0. The lowest BCUT2D eigenvalue weighted by molar-refractivity contribution is -0.899. The fourth-order valence-corrected chi connectivity index (χ4v) is 1.48. The highest BCUT2D eigenvalue weighted by Crippen LogP contribution is 2.23. The van der Waals surface area contributed by atoms with Crippen LogP contribution in [0.3, 0.4) is 0 Å². The first-order valence-corrected chi connectivity index (χ1v) is 3.96. The molecule has 0 aliphatic carbocycles. The second-order valence-electron chi connectivity index (χ2n) is 3.65. The van der Waals surface area contributed by atoms with E-state index in [1.54, 1.807) is 6.92 Å². The molecule has 0 amide bonds. The van der Waals surface area contributed by atoms with Crippen molar-refractivity contribution in [3.63, 3.8) is 0 Å². The van der Waals surface area contributed by atoms with Gasteiger partial charge >= 0.3 is 0 Å². The van der Waals surface area contributed by atoms with Crippen LogP contribution in [-0.2, 0) is 0 Å². The maximum Gasteiger partial charge on any atom is 0.134 e. The minimum Gasteiger partial charge on any atom is -0.633 e. The van der Waals surface area contributed by atoms with Gasteiger partial charge in [0, 0.05) is 0 Å². The number of rotatable bonds is 0. The number of piperidine rings is 1. The first-order valence-electron chi connectivity index (χ1n) is 3.96. The van der Waals surface area contributed by atoms with Crippen LogP contribution < -0.4 is 0 Å². The molecule has 1 rings (SSSR count). The fraction of sp³-hybridized carbons (Fsp3) is 1.00. The second-order valence-corrected chi connectivity index (χ2v) is 3.65. The molecule has 5 atom stereocenters. The van der Waals surface area contributed by atoms with E-state index in [1.165, 1.54) is 7.05 Å². The van der Waals surface area contributed by atoms with Gasteiger partial charge in [-0.15, -0.1) is 0 Å². The summed E-state index contributed by atoms with van der Waals surface area (Å²) in [5, 5.41) is 39.2. The third-order valence-electron chi connectivity index (χ3n) is 2.65. The maximum atomic E-state index is 11.5. The molecular formula is C7H15NO4. The normalized spacial score (nSPS) is 55.5. The second kappa shape index (κ2) is 2.93. The largest absolute Gasteiger partial charge is 0.633 e. The van der Waals surface area contributed by atoms with Crippen LogP contribution in [0.1, 0.15) is 6.92 Å². The van der Waals surface area contributed by atoms with Crippen LogP contribution in [0.5, 0.6) is 0 Å². The Labute approximate surface area is 71.0 Å². The molecule has 1 aliphatic rings. The summed E-state index contributed by atoms with van der Waals surface area (Å²) in [6, 6.07) is -0.594. The molecule has 3 unspecified atom stereocenters. The van der Waals surface area contributed by atoms with E-state index in [0.717, 1.165) is 0 Å². The lowest BCUT2D eigenvalue weighted by atomic mass is 9.95. The van der Waals surface area contributed by atoms with Crippen LogP contribution in [0.25, 0.3) is 0 Å². The monoisotopic (exact) mass is 177 g/mol. The van der Waals surface area contributed by atoms with Crippen molar-refractivity contribution in [1.29, 1.82) is 0 Å². The molecule has 5 nitrogen and oxygen atoms in total. The number of aliphatic hydroxyl groups is 3. The Morgan fingerprint density at radius 2 is 1.75 bits per heavy atom. The molecule has 1 aliphatic heterocycles. The molecule has 0 bridgehead atoms. The average molecular weight is 177 g/mol. The van der Waals surface area contributed by atoms with Gasteiger partial charge < -0.3 is 25.2 Å². The van der Waals surface area contributed by atoms with Crippen LogP contribution in [-0.4, -0.2) is 57.9 Å². The van der Waals surface area contributed by atoms with E-state index >= 15 is 0 Å². The van der Waals surface area contributed by atoms with E-state index in [0.29, 0.717) is 0 Å². The van der Waals surface area contributed by atoms with Crippen molar-refractivity contribution >= 4 is 0 Å². The number of hydroxylamine groups is 3. The molecule has 0 radical (unpaired) electrons. The van der Waals surface area contributed by atoms with E-state index in [9.17, 15) is 20.5 Å². The molecule has 72 valence electrons. The van der Waals surface area contributed by atoms with Crippen LogP contribution in [0.4, 0.5) is 0 Å². The van der Waals surface area contributed by atoms with Crippen LogP contribution >= 0.6 is 0 Å². The molecule has 0 aromatic rings. The highest BCUT2D eigenvalue weighted by atomic mass is 16.6. The maximum absolute atomic E-state index is 11.5. The number of hydrogen-bond donors (Lipinski definition) is 3. The van der Waals surface area contributed by atoms with E-state index in [1.807, 2.05) is 0 Å². The predicted octanol–water partition coefficient (Wildman–Crippen LogP) is -1.58.